The van der Waals surface area contributed by atoms with Gasteiger partial charge in [0.15, 0.2) is 0 Å². The Morgan fingerprint density at radius 2 is 1.81 bits per heavy atom. The highest BCUT2D eigenvalue weighted by atomic mass is 16.6. The molecule has 1 aliphatic heterocycles. The molecule has 0 radical (unpaired) electrons. The van der Waals surface area contributed by atoms with Crippen molar-refractivity contribution < 1.29 is 4.92 Å². The molecule has 1 fully saturated rings. The van der Waals surface area contributed by atoms with Gasteiger partial charge in [-0.3, -0.25) is 10.1 Å². The van der Waals surface area contributed by atoms with Crippen LogP contribution in [-0.4, -0.2) is 17.5 Å². The third-order valence-electron chi connectivity index (χ3n) is 4.12. The normalized spacial score (nSPS) is 21.3. The highest BCUT2D eigenvalue weighted by Crippen LogP contribution is 2.33. The third-order valence-corrected chi connectivity index (χ3v) is 4.12. The minimum Gasteiger partial charge on any atom is -0.313 e. The van der Waals surface area contributed by atoms with E-state index in [1.54, 1.807) is 12.1 Å². The van der Waals surface area contributed by atoms with Crippen LogP contribution >= 0.6 is 0 Å². The Hall–Kier alpha value is -2.20. The van der Waals surface area contributed by atoms with Gasteiger partial charge in [0.1, 0.15) is 0 Å². The third kappa shape index (κ3) is 3.11. The number of nitrogens with one attached hydrogen (secondary N) is 1. The summed E-state index contributed by atoms with van der Waals surface area (Å²) in [6.07, 6.45) is 1.91. The molecular weight excluding hydrogens is 264 g/mol. The molecule has 108 valence electrons. The minimum atomic E-state index is -0.278. The van der Waals surface area contributed by atoms with E-state index in [4.69, 9.17) is 0 Å². The number of nitro benzene ring substituents is 1. The van der Waals surface area contributed by atoms with E-state index in [-0.39, 0.29) is 16.5 Å². The largest absolute Gasteiger partial charge is 0.313 e. The number of hydrogen-bond donors (Lipinski definition) is 1. The Kier molecular flexibility index (Phi) is 3.97. The van der Waals surface area contributed by atoms with E-state index in [9.17, 15) is 10.1 Å². The molecule has 2 unspecified atom stereocenters. The van der Waals surface area contributed by atoms with E-state index in [1.807, 2.05) is 30.3 Å². The van der Waals surface area contributed by atoms with Crippen LogP contribution in [0, 0.1) is 10.1 Å². The van der Waals surface area contributed by atoms with Crippen LogP contribution in [0.1, 0.15) is 23.5 Å². The van der Waals surface area contributed by atoms with Gasteiger partial charge in [-0.1, -0.05) is 48.5 Å². The average Bonchev–Trinajstić information content (AvgIpc) is 2.96. The first-order valence-electron chi connectivity index (χ1n) is 7.24. The number of para-hydroxylation sites is 1. The van der Waals surface area contributed by atoms with Crippen molar-refractivity contribution in [3.63, 3.8) is 0 Å². The lowest BCUT2D eigenvalue weighted by atomic mass is 9.93. The standard InChI is InChI=1S/C17H18N2O2/c20-19(21)17-9-5-4-8-16(17)14-11-15(18-12-14)10-13-6-2-1-3-7-13/h1-9,14-15,18H,10-12H2. The fourth-order valence-electron chi connectivity index (χ4n) is 3.11. The molecular formula is C17H18N2O2. The van der Waals surface area contributed by atoms with Crippen molar-refractivity contribution in [2.75, 3.05) is 6.54 Å². The van der Waals surface area contributed by atoms with E-state index >= 15 is 0 Å². The van der Waals surface area contributed by atoms with Gasteiger partial charge in [0, 0.05) is 30.1 Å². The summed E-state index contributed by atoms with van der Waals surface area (Å²) in [4.78, 5) is 10.9. The highest BCUT2D eigenvalue weighted by Gasteiger charge is 2.29. The maximum atomic E-state index is 11.1. The second-order valence-corrected chi connectivity index (χ2v) is 5.54. The van der Waals surface area contributed by atoms with E-state index in [2.05, 4.69) is 17.4 Å². The van der Waals surface area contributed by atoms with Crippen LogP contribution in [0.3, 0.4) is 0 Å². The fraction of sp³-hybridized carbons (Fsp3) is 0.294. The van der Waals surface area contributed by atoms with Gasteiger partial charge < -0.3 is 5.32 Å². The monoisotopic (exact) mass is 282 g/mol. The first kappa shape index (κ1) is 13.8. The summed E-state index contributed by atoms with van der Waals surface area (Å²) in [5, 5.41) is 14.6. The zero-order chi connectivity index (χ0) is 14.7. The van der Waals surface area contributed by atoms with E-state index < -0.39 is 0 Å². The van der Waals surface area contributed by atoms with Crippen molar-refractivity contribution in [2.24, 2.45) is 0 Å². The molecule has 0 saturated carbocycles. The van der Waals surface area contributed by atoms with E-state index in [0.717, 1.165) is 24.9 Å². The van der Waals surface area contributed by atoms with Crippen molar-refractivity contribution in [3.8, 4) is 0 Å². The van der Waals surface area contributed by atoms with Gasteiger partial charge in [-0.25, -0.2) is 0 Å². The van der Waals surface area contributed by atoms with Crippen LogP contribution in [0.25, 0.3) is 0 Å². The quantitative estimate of drug-likeness (QED) is 0.691. The summed E-state index contributed by atoms with van der Waals surface area (Å²) in [6, 6.07) is 17.8. The smallest absolute Gasteiger partial charge is 0.272 e. The van der Waals surface area contributed by atoms with Crippen molar-refractivity contribution >= 4 is 5.69 Å². The van der Waals surface area contributed by atoms with Crippen LogP contribution in [-0.2, 0) is 6.42 Å². The summed E-state index contributed by atoms with van der Waals surface area (Å²) >= 11 is 0. The van der Waals surface area contributed by atoms with Crippen LogP contribution in [0.15, 0.2) is 54.6 Å². The molecule has 1 heterocycles. The predicted octanol–water partition coefficient (Wildman–Crippen LogP) is 3.28. The lowest BCUT2D eigenvalue weighted by Gasteiger charge is -2.11. The number of rotatable bonds is 4. The van der Waals surface area contributed by atoms with Gasteiger partial charge in [-0.05, 0) is 18.4 Å². The van der Waals surface area contributed by atoms with Crippen LogP contribution in [0.2, 0.25) is 0 Å². The molecule has 0 amide bonds. The molecule has 0 spiro atoms. The Bertz CT molecular complexity index is 628. The van der Waals surface area contributed by atoms with Gasteiger partial charge in [0.2, 0.25) is 0 Å². The molecule has 0 aliphatic carbocycles. The summed E-state index contributed by atoms with van der Waals surface area (Å²) in [5.74, 6) is 0.223. The van der Waals surface area contributed by atoms with Crippen LogP contribution in [0.5, 0.6) is 0 Å². The van der Waals surface area contributed by atoms with Gasteiger partial charge in [-0.2, -0.15) is 0 Å². The van der Waals surface area contributed by atoms with Crippen LogP contribution < -0.4 is 5.32 Å². The number of nitrogens with zero attached hydrogens (tertiary/aromatic N) is 1. The summed E-state index contributed by atoms with van der Waals surface area (Å²) in [7, 11) is 0. The topological polar surface area (TPSA) is 55.2 Å². The molecule has 2 atom stereocenters. The first-order valence-corrected chi connectivity index (χ1v) is 7.24. The molecule has 1 N–H and O–H groups in total. The molecule has 0 aromatic heterocycles. The van der Waals surface area contributed by atoms with E-state index in [0.29, 0.717) is 6.04 Å². The van der Waals surface area contributed by atoms with Gasteiger partial charge in [-0.15, -0.1) is 0 Å². The maximum Gasteiger partial charge on any atom is 0.272 e. The molecule has 3 rings (SSSR count). The van der Waals surface area contributed by atoms with Gasteiger partial charge >= 0.3 is 0 Å². The molecule has 21 heavy (non-hydrogen) atoms. The SMILES string of the molecule is O=[N+]([O-])c1ccccc1C1CNC(Cc2ccccc2)C1. The van der Waals surface area contributed by atoms with Crippen molar-refractivity contribution in [1.29, 1.82) is 0 Å². The Balaban J connectivity index is 1.71. The molecule has 1 aliphatic rings. The Morgan fingerprint density at radius 1 is 1.10 bits per heavy atom. The minimum absolute atomic E-state index is 0.223. The number of hydrogen-bond acceptors (Lipinski definition) is 3. The number of benzene rings is 2. The Labute approximate surface area is 124 Å². The van der Waals surface area contributed by atoms with Gasteiger partial charge in [0.25, 0.3) is 5.69 Å². The number of nitro groups is 1. The summed E-state index contributed by atoms with van der Waals surface area (Å²) in [5.41, 5.74) is 2.40. The summed E-state index contributed by atoms with van der Waals surface area (Å²) in [6.45, 7) is 0.808. The van der Waals surface area contributed by atoms with Crippen molar-refractivity contribution in [2.45, 2.75) is 24.8 Å². The van der Waals surface area contributed by atoms with Crippen LogP contribution in [0.4, 0.5) is 5.69 Å². The zero-order valence-corrected chi connectivity index (χ0v) is 11.7. The second kappa shape index (κ2) is 6.06. The van der Waals surface area contributed by atoms with Gasteiger partial charge in [0.05, 0.1) is 4.92 Å². The molecule has 2 aromatic rings. The predicted molar refractivity (Wildman–Crippen MR) is 82.4 cm³/mol. The second-order valence-electron chi connectivity index (χ2n) is 5.54. The molecule has 0 bridgehead atoms. The first-order chi connectivity index (χ1) is 10.2. The zero-order valence-electron chi connectivity index (χ0n) is 11.7. The fourth-order valence-corrected chi connectivity index (χ4v) is 3.11. The lowest BCUT2D eigenvalue weighted by molar-refractivity contribution is -0.385. The van der Waals surface area contributed by atoms with E-state index in [1.165, 1.54) is 5.56 Å². The average molecular weight is 282 g/mol. The summed E-state index contributed by atoms with van der Waals surface area (Å²) < 4.78 is 0. The Morgan fingerprint density at radius 3 is 2.57 bits per heavy atom. The molecule has 4 nitrogen and oxygen atoms in total. The maximum absolute atomic E-state index is 11.1. The van der Waals surface area contributed by atoms with Crippen molar-refractivity contribution in [3.05, 3.63) is 75.8 Å². The molecule has 4 heteroatoms. The van der Waals surface area contributed by atoms with Crippen molar-refractivity contribution in [1.82, 2.24) is 5.32 Å². The lowest BCUT2D eigenvalue weighted by Crippen LogP contribution is -2.23. The molecule has 1 saturated heterocycles. The highest BCUT2D eigenvalue weighted by molar-refractivity contribution is 5.43. The molecule has 2 aromatic carbocycles.